The number of hydrogen-bond acceptors (Lipinski definition) is 3. The van der Waals surface area contributed by atoms with Gasteiger partial charge in [-0.3, -0.25) is 4.79 Å². The molecule has 0 bridgehead atoms. The first-order valence-corrected chi connectivity index (χ1v) is 8.14. The largest absolute Gasteiger partial charge is 0.418 e. The highest BCUT2D eigenvalue weighted by atomic mass is 19.4. The second-order valence-electron chi connectivity index (χ2n) is 6.11. The number of anilines is 1. The number of rotatable bonds is 4. The van der Waals surface area contributed by atoms with E-state index in [1.54, 1.807) is 13.1 Å². The van der Waals surface area contributed by atoms with Crippen molar-refractivity contribution in [3.8, 4) is 6.07 Å². The number of para-hydroxylation sites is 1. The molecule has 4 nitrogen and oxygen atoms in total. The van der Waals surface area contributed by atoms with Crippen LogP contribution in [0.4, 0.5) is 18.9 Å². The summed E-state index contributed by atoms with van der Waals surface area (Å²) < 4.78 is 39.0. The molecule has 1 N–H and O–H groups in total. The predicted octanol–water partition coefficient (Wildman–Crippen LogP) is 4.32. The number of amides is 1. The molecule has 1 aliphatic carbocycles. The van der Waals surface area contributed by atoms with Crippen molar-refractivity contribution in [1.29, 1.82) is 5.26 Å². The van der Waals surface area contributed by atoms with Gasteiger partial charge in [0.05, 0.1) is 11.3 Å². The summed E-state index contributed by atoms with van der Waals surface area (Å²) in [5, 5.41) is 11.4. The summed E-state index contributed by atoms with van der Waals surface area (Å²) in [6.07, 6.45) is 2.15. The van der Waals surface area contributed by atoms with E-state index in [1.807, 2.05) is 4.90 Å². The number of alkyl halides is 3. The average Bonchev–Trinajstić information content (AvgIpc) is 2.59. The van der Waals surface area contributed by atoms with Crippen LogP contribution in [0.1, 0.15) is 37.7 Å². The van der Waals surface area contributed by atoms with E-state index >= 15 is 0 Å². The molecule has 1 aromatic rings. The monoisotopic (exact) mass is 351 g/mol. The lowest BCUT2D eigenvalue weighted by molar-refractivity contribution is -0.137. The quantitative estimate of drug-likeness (QED) is 0.649. The molecular weight excluding hydrogens is 331 g/mol. The van der Waals surface area contributed by atoms with Crippen molar-refractivity contribution in [2.75, 3.05) is 12.4 Å². The number of nitrogens with zero attached hydrogens (tertiary/aromatic N) is 2. The average molecular weight is 351 g/mol. The van der Waals surface area contributed by atoms with Gasteiger partial charge >= 0.3 is 6.18 Å². The van der Waals surface area contributed by atoms with Gasteiger partial charge in [0, 0.05) is 19.3 Å². The zero-order chi connectivity index (χ0) is 18.4. The lowest BCUT2D eigenvalue weighted by Gasteiger charge is -2.30. The van der Waals surface area contributed by atoms with E-state index in [-0.39, 0.29) is 17.3 Å². The molecular formula is C18H20F3N3O. The van der Waals surface area contributed by atoms with Gasteiger partial charge in [-0.05, 0) is 25.0 Å². The third kappa shape index (κ3) is 4.99. The fraction of sp³-hybridized carbons (Fsp3) is 0.444. The van der Waals surface area contributed by atoms with Crippen LogP contribution < -0.4 is 5.32 Å². The van der Waals surface area contributed by atoms with Gasteiger partial charge in [0.15, 0.2) is 0 Å². The van der Waals surface area contributed by atoms with Gasteiger partial charge in [-0.25, -0.2) is 0 Å². The van der Waals surface area contributed by atoms with Gasteiger partial charge in [-0.2, -0.15) is 18.4 Å². The maximum Gasteiger partial charge on any atom is 0.418 e. The highest BCUT2D eigenvalue weighted by molar-refractivity contribution is 6.06. The molecule has 1 amide bonds. The molecule has 0 radical (unpaired) electrons. The van der Waals surface area contributed by atoms with Gasteiger partial charge in [0.1, 0.15) is 11.6 Å². The van der Waals surface area contributed by atoms with E-state index in [0.717, 1.165) is 31.7 Å². The topological polar surface area (TPSA) is 56.1 Å². The van der Waals surface area contributed by atoms with Gasteiger partial charge in [-0.1, -0.05) is 31.4 Å². The van der Waals surface area contributed by atoms with Crippen molar-refractivity contribution < 1.29 is 18.0 Å². The Bertz CT molecular complexity index is 686. The molecule has 0 saturated heterocycles. The van der Waals surface area contributed by atoms with E-state index in [9.17, 15) is 23.2 Å². The molecule has 0 unspecified atom stereocenters. The molecule has 134 valence electrons. The minimum Gasteiger partial charge on any atom is -0.376 e. The van der Waals surface area contributed by atoms with E-state index in [1.165, 1.54) is 30.8 Å². The first kappa shape index (κ1) is 18.8. The second kappa shape index (κ2) is 8.06. The van der Waals surface area contributed by atoms with Gasteiger partial charge in [0.25, 0.3) is 5.91 Å². The Hall–Kier alpha value is -2.49. The molecule has 1 aromatic carbocycles. The summed E-state index contributed by atoms with van der Waals surface area (Å²) in [4.78, 5) is 14.1. The zero-order valence-electron chi connectivity index (χ0n) is 13.9. The maximum absolute atomic E-state index is 13.0. The third-order valence-corrected chi connectivity index (χ3v) is 4.33. The zero-order valence-corrected chi connectivity index (χ0v) is 13.9. The first-order valence-electron chi connectivity index (χ1n) is 8.14. The molecule has 2 rings (SSSR count). The summed E-state index contributed by atoms with van der Waals surface area (Å²) in [6, 6.07) is 6.72. The molecule has 0 heterocycles. The van der Waals surface area contributed by atoms with Crippen LogP contribution >= 0.6 is 0 Å². The highest BCUT2D eigenvalue weighted by Crippen LogP contribution is 2.34. The van der Waals surface area contributed by atoms with E-state index < -0.39 is 17.6 Å². The minimum atomic E-state index is -4.58. The lowest BCUT2D eigenvalue weighted by atomic mass is 9.94. The number of nitrogens with one attached hydrogen (secondary N) is 1. The van der Waals surface area contributed by atoms with Crippen LogP contribution in [0.2, 0.25) is 0 Å². The van der Waals surface area contributed by atoms with Gasteiger partial charge in [0.2, 0.25) is 0 Å². The van der Waals surface area contributed by atoms with Gasteiger partial charge in [-0.15, -0.1) is 0 Å². The standard InChI is InChI=1S/C18H20F3N3O/c1-24(14-7-3-2-4-8-14)12-13(11-22)17(25)23-16-10-6-5-9-15(16)18(19,20)21/h5-6,9-10,12,14H,2-4,7-8H2,1H3,(H,23,25)/b13-12-. The van der Waals surface area contributed by atoms with Crippen molar-refractivity contribution in [2.24, 2.45) is 0 Å². The molecule has 1 saturated carbocycles. The predicted molar refractivity (Wildman–Crippen MR) is 88.4 cm³/mol. The van der Waals surface area contributed by atoms with E-state index in [4.69, 9.17) is 0 Å². The van der Waals surface area contributed by atoms with Crippen LogP contribution in [0, 0.1) is 11.3 Å². The molecule has 0 aliphatic heterocycles. The summed E-state index contributed by atoms with van der Waals surface area (Å²) in [5.74, 6) is -0.846. The molecule has 7 heteroatoms. The number of carbonyl (C=O) groups excluding carboxylic acids is 1. The van der Waals surface area contributed by atoms with Crippen LogP contribution in [0.25, 0.3) is 0 Å². The highest BCUT2D eigenvalue weighted by Gasteiger charge is 2.33. The van der Waals surface area contributed by atoms with Gasteiger partial charge < -0.3 is 10.2 Å². The third-order valence-electron chi connectivity index (χ3n) is 4.33. The summed E-state index contributed by atoms with van der Waals surface area (Å²) in [7, 11) is 1.78. The normalized spacial score (nSPS) is 16.2. The van der Waals surface area contributed by atoms with Crippen LogP contribution in [0.15, 0.2) is 36.0 Å². The molecule has 0 atom stereocenters. The molecule has 25 heavy (non-hydrogen) atoms. The van der Waals surface area contributed by atoms with Crippen molar-refractivity contribution in [2.45, 2.75) is 44.3 Å². The number of nitriles is 1. The number of carbonyl (C=O) groups is 1. The SMILES string of the molecule is CN(/C=C(/C#N)C(=O)Nc1ccccc1C(F)(F)F)C1CCCCC1. The molecule has 1 fully saturated rings. The van der Waals surface area contributed by atoms with Crippen molar-refractivity contribution >= 4 is 11.6 Å². The fourth-order valence-corrected chi connectivity index (χ4v) is 2.96. The van der Waals surface area contributed by atoms with Crippen LogP contribution in [-0.4, -0.2) is 23.9 Å². The van der Waals surface area contributed by atoms with Crippen LogP contribution in [0.3, 0.4) is 0 Å². The van der Waals surface area contributed by atoms with Crippen molar-refractivity contribution in [3.63, 3.8) is 0 Å². The smallest absolute Gasteiger partial charge is 0.376 e. The molecule has 0 spiro atoms. The Morgan fingerprint density at radius 1 is 1.28 bits per heavy atom. The summed E-state index contributed by atoms with van der Waals surface area (Å²) in [6.45, 7) is 0. The van der Waals surface area contributed by atoms with Crippen molar-refractivity contribution in [3.05, 3.63) is 41.6 Å². The lowest BCUT2D eigenvalue weighted by Crippen LogP contribution is -2.30. The molecule has 0 aromatic heterocycles. The number of benzene rings is 1. The number of hydrogen-bond donors (Lipinski definition) is 1. The Morgan fingerprint density at radius 2 is 1.92 bits per heavy atom. The minimum absolute atomic E-state index is 0.218. The van der Waals surface area contributed by atoms with Crippen LogP contribution in [-0.2, 0) is 11.0 Å². The fourth-order valence-electron chi connectivity index (χ4n) is 2.96. The van der Waals surface area contributed by atoms with Crippen LogP contribution in [0.5, 0.6) is 0 Å². The van der Waals surface area contributed by atoms with E-state index in [2.05, 4.69) is 5.32 Å². The van der Waals surface area contributed by atoms with E-state index in [0.29, 0.717) is 0 Å². The summed E-state index contributed by atoms with van der Waals surface area (Å²) in [5.41, 5.74) is -1.52. The summed E-state index contributed by atoms with van der Waals surface area (Å²) >= 11 is 0. The molecule has 1 aliphatic rings. The second-order valence-corrected chi connectivity index (χ2v) is 6.11. The Morgan fingerprint density at radius 3 is 2.52 bits per heavy atom. The maximum atomic E-state index is 13.0. The Kier molecular flexibility index (Phi) is 6.07. The first-order chi connectivity index (χ1) is 11.8. The van der Waals surface area contributed by atoms with Crippen molar-refractivity contribution in [1.82, 2.24) is 4.90 Å². The Labute approximate surface area is 144 Å². The number of halogens is 3. The Balaban J connectivity index is 2.16.